The molecule has 1 aliphatic carbocycles. The van der Waals surface area contributed by atoms with E-state index in [1.165, 1.54) is 25.7 Å². The maximum Gasteiger partial charge on any atom is 0.136 e. The van der Waals surface area contributed by atoms with Crippen LogP contribution in [0.25, 0.3) is 0 Å². The fraction of sp³-hybridized carbons (Fsp3) is 0.636. The average molecular weight is 273 g/mol. The second-order valence-electron chi connectivity index (χ2n) is 4.59. The van der Waals surface area contributed by atoms with Crippen molar-refractivity contribution in [1.82, 2.24) is 5.43 Å². The standard InChI is InChI=1S/C11H17BrN2O/c1-11(5-2-3-6-11)10(14-13)9-8(12)4-7-15-9/h4,7,10,14H,2-3,5-6,13H2,1H3. The highest BCUT2D eigenvalue weighted by Crippen LogP contribution is 2.48. The molecule has 1 heterocycles. The summed E-state index contributed by atoms with van der Waals surface area (Å²) in [6.45, 7) is 2.28. The van der Waals surface area contributed by atoms with E-state index in [0.717, 1.165) is 10.2 Å². The van der Waals surface area contributed by atoms with Gasteiger partial charge in [-0.3, -0.25) is 5.84 Å². The first-order chi connectivity index (χ1) is 7.17. The molecule has 4 heteroatoms. The number of halogens is 1. The number of nitrogens with two attached hydrogens (primary N) is 1. The van der Waals surface area contributed by atoms with Crippen molar-refractivity contribution in [3.8, 4) is 0 Å². The zero-order valence-corrected chi connectivity index (χ0v) is 10.5. The third kappa shape index (κ3) is 1.98. The Morgan fingerprint density at radius 2 is 2.20 bits per heavy atom. The van der Waals surface area contributed by atoms with E-state index in [0.29, 0.717) is 0 Å². The predicted molar refractivity (Wildman–Crippen MR) is 63.0 cm³/mol. The average Bonchev–Trinajstić information content (AvgIpc) is 2.79. The molecule has 0 aliphatic heterocycles. The summed E-state index contributed by atoms with van der Waals surface area (Å²) in [5, 5.41) is 0. The Hall–Kier alpha value is -0.320. The molecular weight excluding hydrogens is 256 g/mol. The molecule has 3 nitrogen and oxygen atoms in total. The fourth-order valence-electron chi connectivity index (χ4n) is 2.58. The number of hydrazine groups is 1. The largest absolute Gasteiger partial charge is 0.466 e. The van der Waals surface area contributed by atoms with Crippen molar-refractivity contribution in [1.29, 1.82) is 0 Å². The van der Waals surface area contributed by atoms with Gasteiger partial charge in [0.05, 0.1) is 16.8 Å². The third-order valence-electron chi connectivity index (χ3n) is 3.52. The van der Waals surface area contributed by atoms with Gasteiger partial charge >= 0.3 is 0 Å². The summed E-state index contributed by atoms with van der Waals surface area (Å²) in [5.41, 5.74) is 3.12. The molecule has 1 aromatic heterocycles. The highest BCUT2D eigenvalue weighted by atomic mass is 79.9. The molecule has 1 unspecified atom stereocenters. The number of rotatable bonds is 3. The van der Waals surface area contributed by atoms with Gasteiger partial charge in [0.1, 0.15) is 5.76 Å². The summed E-state index contributed by atoms with van der Waals surface area (Å²) in [5.74, 6) is 6.59. The van der Waals surface area contributed by atoms with Crippen LogP contribution >= 0.6 is 15.9 Å². The van der Waals surface area contributed by atoms with Gasteiger partial charge in [-0.15, -0.1) is 0 Å². The molecule has 15 heavy (non-hydrogen) atoms. The summed E-state index contributed by atoms with van der Waals surface area (Å²) < 4.78 is 6.50. The fourth-order valence-corrected chi connectivity index (χ4v) is 3.01. The highest BCUT2D eigenvalue weighted by molar-refractivity contribution is 9.10. The Morgan fingerprint density at radius 1 is 1.53 bits per heavy atom. The van der Waals surface area contributed by atoms with Crippen LogP contribution in [0.4, 0.5) is 0 Å². The minimum Gasteiger partial charge on any atom is -0.466 e. The van der Waals surface area contributed by atoms with Gasteiger partial charge < -0.3 is 4.42 Å². The Bertz CT molecular complexity index is 331. The monoisotopic (exact) mass is 272 g/mol. The van der Waals surface area contributed by atoms with Crippen LogP contribution in [0.2, 0.25) is 0 Å². The van der Waals surface area contributed by atoms with Gasteiger partial charge in [0.2, 0.25) is 0 Å². The van der Waals surface area contributed by atoms with Crippen molar-refractivity contribution in [2.75, 3.05) is 0 Å². The smallest absolute Gasteiger partial charge is 0.136 e. The molecule has 1 aliphatic rings. The van der Waals surface area contributed by atoms with Crippen molar-refractivity contribution in [3.05, 3.63) is 22.6 Å². The van der Waals surface area contributed by atoms with Crippen LogP contribution in [0.3, 0.4) is 0 Å². The molecule has 1 aromatic rings. The van der Waals surface area contributed by atoms with E-state index in [9.17, 15) is 0 Å². The molecule has 0 aromatic carbocycles. The van der Waals surface area contributed by atoms with Gasteiger partial charge in [-0.25, -0.2) is 5.43 Å². The second kappa shape index (κ2) is 4.28. The van der Waals surface area contributed by atoms with Gasteiger partial charge in [-0.1, -0.05) is 19.8 Å². The topological polar surface area (TPSA) is 51.2 Å². The van der Waals surface area contributed by atoms with E-state index in [1.807, 2.05) is 6.07 Å². The molecule has 0 saturated heterocycles. The van der Waals surface area contributed by atoms with Crippen LogP contribution in [-0.4, -0.2) is 0 Å². The van der Waals surface area contributed by atoms with Crippen LogP contribution in [0.5, 0.6) is 0 Å². The molecule has 1 saturated carbocycles. The van der Waals surface area contributed by atoms with Crippen molar-refractivity contribution >= 4 is 15.9 Å². The minimum atomic E-state index is 0.101. The highest BCUT2D eigenvalue weighted by Gasteiger charge is 2.39. The normalized spacial score (nSPS) is 21.8. The Kier molecular flexibility index (Phi) is 3.19. The van der Waals surface area contributed by atoms with Gasteiger partial charge in [-0.2, -0.15) is 0 Å². The van der Waals surface area contributed by atoms with Crippen LogP contribution < -0.4 is 11.3 Å². The molecule has 0 amide bonds. The summed E-state index contributed by atoms with van der Waals surface area (Å²) in [6.07, 6.45) is 6.67. The second-order valence-corrected chi connectivity index (χ2v) is 5.45. The molecule has 1 atom stereocenters. The first-order valence-electron chi connectivity index (χ1n) is 5.36. The Labute approximate surface area is 98.5 Å². The maximum atomic E-state index is 5.67. The molecule has 3 N–H and O–H groups in total. The van der Waals surface area contributed by atoms with Crippen molar-refractivity contribution in [3.63, 3.8) is 0 Å². The van der Waals surface area contributed by atoms with E-state index in [4.69, 9.17) is 10.3 Å². The molecular formula is C11H17BrN2O. The van der Waals surface area contributed by atoms with Crippen LogP contribution in [0.1, 0.15) is 44.4 Å². The zero-order chi connectivity index (χ0) is 10.9. The summed E-state index contributed by atoms with van der Waals surface area (Å²) in [6, 6.07) is 2.02. The van der Waals surface area contributed by atoms with E-state index < -0.39 is 0 Å². The zero-order valence-electron chi connectivity index (χ0n) is 8.92. The number of nitrogens with one attached hydrogen (secondary N) is 1. The van der Waals surface area contributed by atoms with Crippen molar-refractivity contribution in [2.24, 2.45) is 11.3 Å². The first-order valence-corrected chi connectivity index (χ1v) is 6.16. The Balaban J connectivity index is 2.27. The van der Waals surface area contributed by atoms with Crippen molar-refractivity contribution < 1.29 is 4.42 Å². The third-order valence-corrected chi connectivity index (χ3v) is 4.17. The van der Waals surface area contributed by atoms with Gasteiger partial charge in [0.25, 0.3) is 0 Å². The van der Waals surface area contributed by atoms with E-state index >= 15 is 0 Å². The number of furan rings is 1. The molecule has 0 spiro atoms. The Morgan fingerprint density at radius 3 is 2.67 bits per heavy atom. The van der Waals surface area contributed by atoms with E-state index in [2.05, 4.69) is 28.3 Å². The summed E-state index contributed by atoms with van der Waals surface area (Å²) in [7, 11) is 0. The lowest BCUT2D eigenvalue weighted by Crippen LogP contribution is -2.38. The number of hydrogen-bond donors (Lipinski definition) is 2. The van der Waals surface area contributed by atoms with Gasteiger partial charge in [0.15, 0.2) is 0 Å². The lowest BCUT2D eigenvalue weighted by molar-refractivity contribution is 0.197. The lowest BCUT2D eigenvalue weighted by atomic mass is 9.80. The summed E-state index contributed by atoms with van der Waals surface area (Å²) in [4.78, 5) is 0. The molecule has 0 bridgehead atoms. The van der Waals surface area contributed by atoms with Gasteiger partial charge in [-0.05, 0) is 40.3 Å². The number of hydrogen-bond acceptors (Lipinski definition) is 3. The van der Waals surface area contributed by atoms with Crippen LogP contribution in [-0.2, 0) is 0 Å². The molecule has 84 valence electrons. The minimum absolute atomic E-state index is 0.101. The maximum absolute atomic E-state index is 5.67. The molecule has 0 radical (unpaired) electrons. The molecule has 1 fully saturated rings. The van der Waals surface area contributed by atoms with Crippen molar-refractivity contribution in [2.45, 2.75) is 38.6 Å². The predicted octanol–water partition coefficient (Wildman–Crippen LogP) is 3.13. The molecule has 2 rings (SSSR count). The van der Waals surface area contributed by atoms with Crippen LogP contribution in [0, 0.1) is 5.41 Å². The quantitative estimate of drug-likeness (QED) is 0.657. The van der Waals surface area contributed by atoms with Crippen LogP contribution in [0.15, 0.2) is 21.2 Å². The lowest BCUT2D eigenvalue weighted by Gasteiger charge is -2.32. The van der Waals surface area contributed by atoms with E-state index in [-0.39, 0.29) is 11.5 Å². The SMILES string of the molecule is CC1(C(NN)c2occc2Br)CCCC1. The van der Waals surface area contributed by atoms with E-state index in [1.54, 1.807) is 6.26 Å². The summed E-state index contributed by atoms with van der Waals surface area (Å²) >= 11 is 3.49. The van der Waals surface area contributed by atoms with Gasteiger partial charge in [0, 0.05) is 0 Å². The first kappa shape index (κ1) is 11.2.